The average molecular weight is 288 g/mol. The lowest BCUT2D eigenvalue weighted by molar-refractivity contribution is -0.159. The molecule has 0 unspecified atom stereocenters. The van der Waals surface area contributed by atoms with Crippen molar-refractivity contribution in [2.45, 2.75) is 24.9 Å². The van der Waals surface area contributed by atoms with E-state index in [1.54, 1.807) is 0 Å². The van der Waals surface area contributed by atoms with Crippen molar-refractivity contribution in [3.63, 3.8) is 0 Å². The van der Waals surface area contributed by atoms with E-state index in [9.17, 15) is 9.59 Å². The fourth-order valence-corrected chi connectivity index (χ4v) is 1.65. The molecule has 0 amide bonds. The topological polar surface area (TPSA) is 77.3 Å². The molecule has 0 heterocycles. The molecule has 0 fully saturated rings. The third kappa shape index (κ3) is 2.68. The Hall–Kier alpha value is -1.46. The minimum Gasteiger partial charge on any atom is -0.467 e. The first-order valence-electron chi connectivity index (χ1n) is 4.69. The molecule has 0 aliphatic heterocycles. The molecule has 6 nitrogen and oxygen atoms in total. The number of carbonyl (C=O) groups excluding carboxylic acids is 2. The molecule has 0 bridgehead atoms. The van der Waals surface area contributed by atoms with Crippen LogP contribution in [0.4, 0.5) is 0 Å². The molecule has 98 valence electrons. The largest absolute Gasteiger partial charge is 0.467 e. The van der Waals surface area contributed by atoms with E-state index < -0.39 is 23.0 Å². The highest BCUT2D eigenvalue weighted by molar-refractivity contribution is 7.78. The molecular weight excluding hydrogens is 276 g/mol. The molecule has 0 rings (SSSR count). The molecule has 0 saturated carbocycles. The van der Waals surface area contributed by atoms with Crippen LogP contribution in [0.15, 0.2) is 9.98 Å². The molecule has 8 heteroatoms. The maximum absolute atomic E-state index is 11.8. The first kappa shape index (κ1) is 16.5. The number of hydrogen-bond donors (Lipinski definition) is 0. The van der Waals surface area contributed by atoms with E-state index in [1.807, 2.05) is 10.3 Å². The summed E-state index contributed by atoms with van der Waals surface area (Å²) < 4.78 is 9.21. The van der Waals surface area contributed by atoms with Crippen LogP contribution >= 0.6 is 24.4 Å². The summed E-state index contributed by atoms with van der Waals surface area (Å²) in [6.45, 7) is 2.65. The summed E-state index contributed by atoms with van der Waals surface area (Å²) in [6, 6.07) is 0. The van der Waals surface area contributed by atoms with Gasteiger partial charge in [-0.1, -0.05) is 0 Å². The number of methoxy groups -OCH3 is 2. The van der Waals surface area contributed by atoms with E-state index >= 15 is 0 Å². The van der Waals surface area contributed by atoms with Gasteiger partial charge in [0.1, 0.15) is 0 Å². The summed E-state index contributed by atoms with van der Waals surface area (Å²) >= 11 is 8.96. The third-order valence-electron chi connectivity index (χ3n) is 2.65. The van der Waals surface area contributed by atoms with E-state index in [0.717, 1.165) is 14.2 Å². The van der Waals surface area contributed by atoms with Crippen molar-refractivity contribution in [1.29, 1.82) is 0 Å². The van der Waals surface area contributed by atoms with Gasteiger partial charge in [-0.25, -0.2) is 19.6 Å². The van der Waals surface area contributed by atoms with E-state index in [1.165, 1.54) is 13.8 Å². The van der Waals surface area contributed by atoms with E-state index in [0.29, 0.717) is 0 Å². The van der Waals surface area contributed by atoms with Crippen LogP contribution < -0.4 is 0 Å². The molecule has 2 atom stereocenters. The fraction of sp³-hybridized carbons (Fsp3) is 0.600. The number of rotatable bonds is 5. The van der Waals surface area contributed by atoms with Crippen molar-refractivity contribution in [1.82, 2.24) is 0 Å². The molecular formula is C10H12N2O4S2. The molecule has 0 aliphatic carbocycles. The van der Waals surface area contributed by atoms with Gasteiger partial charge in [0, 0.05) is 0 Å². The zero-order valence-corrected chi connectivity index (χ0v) is 12.0. The van der Waals surface area contributed by atoms with Gasteiger partial charge in [0.2, 0.25) is 11.1 Å². The van der Waals surface area contributed by atoms with Crippen LogP contribution in [0.25, 0.3) is 0 Å². The lowest BCUT2D eigenvalue weighted by atomic mass is 9.80. The van der Waals surface area contributed by atoms with Crippen LogP contribution in [0, 0.1) is 0 Å². The van der Waals surface area contributed by atoms with Crippen LogP contribution in [-0.4, -0.2) is 47.6 Å². The highest BCUT2D eigenvalue weighted by Crippen LogP contribution is 2.32. The Bertz CT molecular complexity index is 413. The number of nitrogens with zero attached hydrogens (tertiary/aromatic N) is 2. The predicted octanol–water partition coefficient (Wildman–Crippen LogP) is 1.06. The molecule has 0 aromatic carbocycles. The van der Waals surface area contributed by atoms with E-state index in [4.69, 9.17) is 0 Å². The van der Waals surface area contributed by atoms with Crippen molar-refractivity contribution in [3.8, 4) is 0 Å². The molecule has 0 aromatic heterocycles. The zero-order chi connectivity index (χ0) is 14.4. The molecule has 0 spiro atoms. The Labute approximate surface area is 115 Å². The molecule has 0 aromatic rings. The normalized spacial score (nSPS) is 16.0. The second-order valence-corrected chi connectivity index (χ2v) is 3.90. The van der Waals surface area contributed by atoms with Crippen LogP contribution in [0.1, 0.15) is 13.8 Å². The second-order valence-electron chi connectivity index (χ2n) is 3.53. The Morgan fingerprint density at radius 2 is 1.22 bits per heavy atom. The van der Waals surface area contributed by atoms with Crippen LogP contribution in [0.3, 0.4) is 0 Å². The molecule has 0 N–H and O–H groups in total. The van der Waals surface area contributed by atoms with Crippen molar-refractivity contribution in [3.05, 3.63) is 0 Å². The first-order valence-corrected chi connectivity index (χ1v) is 5.50. The predicted molar refractivity (Wildman–Crippen MR) is 70.9 cm³/mol. The number of aliphatic imine (C=N–C) groups is 2. The Morgan fingerprint density at radius 1 is 0.944 bits per heavy atom. The maximum atomic E-state index is 11.8. The minimum absolute atomic E-state index is 0.818. The van der Waals surface area contributed by atoms with Gasteiger partial charge in [0.05, 0.1) is 24.5 Å². The standard InChI is InChI=1S/C10H12N2O4S2/c1-9(11-5-17,7(13)15-3)10(2,12-6-18)8(14)16-4/h1-4H3/t9-,10-/m1/s1. The van der Waals surface area contributed by atoms with Gasteiger partial charge >= 0.3 is 11.9 Å². The monoisotopic (exact) mass is 288 g/mol. The number of carbonyl (C=O) groups is 2. The number of isothiocyanates is 2. The Morgan fingerprint density at radius 3 is 1.39 bits per heavy atom. The van der Waals surface area contributed by atoms with Gasteiger partial charge in [-0.2, -0.15) is 0 Å². The van der Waals surface area contributed by atoms with Gasteiger partial charge in [-0.05, 0) is 38.3 Å². The highest BCUT2D eigenvalue weighted by atomic mass is 32.1. The maximum Gasteiger partial charge on any atom is 0.337 e. The number of esters is 2. The van der Waals surface area contributed by atoms with Crippen LogP contribution in [-0.2, 0) is 19.1 Å². The first-order chi connectivity index (χ1) is 8.33. The summed E-state index contributed by atoms with van der Waals surface area (Å²) in [7, 11) is 2.30. The second kappa shape index (κ2) is 6.47. The van der Waals surface area contributed by atoms with Crippen molar-refractivity contribution in [2.75, 3.05) is 14.2 Å². The SMILES string of the molecule is COC(=O)[C@@](C)(N=C=S)[C@](C)(N=C=S)C(=O)OC. The molecule has 18 heavy (non-hydrogen) atoms. The number of thiocarbonyl (C=S) groups is 2. The van der Waals surface area contributed by atoms with Gasteiger partial charge < -0.3 is 9.47 Å². The van der Waals surface area contributed by atoms with Gasteiger partial charge in [-0.3, -0.25) is 0 Å². The van der Waals surface area contributed by atoms with Crippen molar-refractivity contribution < 1.29 is 19.1 Å². The summed E-state index contributed by atoms with van der Waals surface area (Å²) in [5.74, 6) is -1.64. The van der Waals surface area contributed by atoms with Gasteiger partial charge in [-0.15, -0.1) is 0 Å². The van der Waals surface area contributed by atoms with Crippen LogP contribution in [0.5, 0.6) is 0 Å². The smallest absolute Gasteiger partial charge is 0.337 e. The minimum atomic E-state index is -1.73. The fourth-order valence-electron chi connectivity index (χ4n) is 1.29. The Balaban J connectivity index is 6.12. The molecule has 0 saturated heterocycles. The zero-order valence-electron chi connectivity index (χ0n) is 10.3. The van der Waals surface area contributed by atoms with Gasteiger partial charge in [0.25, 0.3) is 0 Å². The average Bonchev–Trinajstić information content (AvgIpc) is 2.36. The quantitative estimate of drug-likeness (QED) is 0.427. The van der Waals surface area contributed by atoms with Crippen molar-refractivity contribution in [2.24, 2.45) is 9.98 Å². The Kier molecular flexibility index (Phi) is 5.94. The van der Waals surface area contributed by atoms with Crippen LogP contribution in [0.2, 0.25) is 0 Å². The molecule has 0 radical (unpaired) electrons. The lowest BCUT2D eigenvalue weighted by Gasteiger charge is -2.33. The van der Waals surface area contributed by atoms with E-state index in [-0.39, 0.29) is 0 Å². The summed E-state index contributed by atoms with van der Waals surface area (Å²) in [6.07, 6.45) is 0. The third-order valence-corrected chi connectivity index (χ3v) is 2.83. The number of ether oxygens (including phenoxy) is 2. The molecule has 0 aliphatic rings. The lowest BCUT2D eigenvalue weighted by Crippen LogP contribution is -2.58. The highest BCUT2D eigenvalue weighted by Gasteiger charge is 2.58. The van der Waals surface area contributed by atoms with E-state index in [2.05, 4.69) is 43.9 Å². The summed E-state index contributed by atoms with van der Waals surface area (Å²) in [4.78, 5) is 31.1. The number of hydrogen-bond acceptors (Lipinski definition) is 8. The summed E-state index contributed by atoms with van der Waals surface area (Å²) in [5.41, 5.74) is -3.47. The van der Waals surface area contributed by atoms with Gasteiger partial charge in [0.15, 0.2) is 0 Å². The van der Waals surface area contributed by atoms with Crippen molar-refractivity contribution >= 4 is 46.7 Å². The summed E-state index contributed by atoms with van der Waals surface area (Å²) in [5, 5.41) is 4.09.